The van der Waals surface area contributed by atoms with E-state index in [1.807, 2.05) is 0 Å². The predicted octanol–water partition coefficient (Wildman–Crippen LogP) is 2.93. The monoisotopic (exact) mass is 266 g/mol. The maximum Gasteiger partial charge on any atom is 0.230 e. The Bertz CT molecular complexity index is 302. The summed E-state index contributed by atoms with van der Waals surface area (Å²) in [6, 6.07) is 0.486. The van der Waals surface area contributed by atoms with Gasteiger partial charge in [0.15, 0.2) is 0 Å². The van der Waals surface area contributed by atoms with Crippen molar-refractivity contribution in [3.05, 3.63) is 0 Å². The molecule has 110 valence electrons. The van der Waals surface area contributed by atoms with E-state index in [4.69, 9.17) is 5.73 Å². The minimum Gasteiger partial charge on any atom is -0.339 e. The Balaban J connectivity index is 2.09. The quantitative estimate of drug-likeness (QED) is 0.850. The van der Waals surface area contributed by atoms with Crippen molar-refractivity contribution in [3.63, 3.8) is 0 Å². The zero-order valence-electron chi connectivity index (χ0n) is 12.7. The Kier molecular flexibility index (Phi) is 4.88. The zero-order valence-corrected chi connectivity index (χ0v) is 12.7. The molecule has 3 nitrogen and oxygen atoms in total. The average molecular weight is 266 g/mol. The molecule has 0 heterocycles. The van der Waals surface area contributed by atoms with E-state index >= 15 is 0 Å². The van der Waals surface area contributed by atoms with Crippen LogP contribution in [0, 0.1) is 11.3 Å². The van der Waals surface area contributed by atoms with E-state index in [0.717, 1.165) is 38.1 Å². The van der Waals surface area contributed by atoms with Crippen LogP contribution in [0.15, 0.2) is 0 Å². The van der Waals surface area contributed by atoms with Gasteiger partial charge in [0.25, 0.3) is 0 Å². The fraction of sp³-hybridized carbons (Fsp3) is 0.938. The van der Waals surface area contributed by atoms with Gasteiger partial charge in [0, 0.05) is 19.1 Å². The van der Waals surface area contributed by atoms with E-state index in [0.29, 0.717) is 18.5 Å². The maximum absolute atomic E-state index is 13.0. The van der Waals surface area contributed by atoms with Gasteiger partial charge in [-0.1, -0.05) is 19.8 Å². The van der Waals surface area contributed by atoms with Crippen LogP contribution < -0.4 is 5.73 Å². The van der Waals surface area contributed by atoms with Crippen molar-refractivity contribution < 1.29 is 4.79 Å². The molecule has 2 rings (SSSR count). The molecule has 19 heavy (non-hydrogen) atoms. The van der Waals surface area contributed by atoms with Crippen LogP contribution >= 0.6 is 0 Å². The highest BCUT2D eigenvalue weighted by Gasteiger charge is 2.43. The van der Waals surface area contributed by atoms with E-state index in [1.165, 1.54) is 25.7 Å². The predicted molar refractivity (Wildman–Crippen MR) is 78.8 cm³/mol. The van der Waals surface area contributed by atoms with Gasteiger partial charge in [0.05, 0.1) is 5.41 Å². The molecular weight excluding hydrogens is 236 g/mol. The smallest absolute Gasteiger partial charge is 0.230 e. The summed E-state index contributed by atoms with van der Waals surface area (Å²) in [5.41, 5.74) is 5.78. The van der Waals surface area contributed by atoms with E-state index in [2.05, 4.69) is 18.7 Å². The Morgan fingerprint density at radius 3 is 2.26 bits per heavy atom. The van der Waals surface area contributed by atoms with E-state index < -0.39 is 0 Å². The van der Waals surface area contributed by atoms with Crippen molar-refractivity contribution in [1.29, 1.82) is 0 Å². The van der Waals surface area contributed by atoms with Gasteiger partial charge in [-0.25, -0.2) is 0 Å². The Hall–Kier alpha value is -0.570. The van der Waals surface area contributed by atoms with Crippen LogP contribution in [-0.2, 0) is 4.79 Å². The third-order valence-electron chi connectivity index (χ3n) is 5.44. The lowest BCUT2D eigenvalue weighted by molar-refractivity contribution is -0.146. The van der Waals surface area contributed by atoms with Crippen molar-refractivity contribution in [2.75, 3.05) is 13.1 Å². The third-order valence-corrected chi connectivity index (χ3v) is 5.44. The summed E-state index contributed by atoms with van der Waals surface area (Å²) in [5.74, 6) is 1.12. The molecule has 0 atom stereocenters. The van der Waals surface area contributed by atoms with Gasteiger partial charge in [-0.3, -0.25) is 4.79 Å². The lowest BCUT2D eigenvalue weighted by Crippen LogP contribution is -2.52. The first-order valence-electron chi connectivity index (χ1n) is 8.14. The molecule has 0 unspecified atom stereocenters. The fourth-order valence-corrected chi connectivity index (χ4v) is 3.91. The first-order chi connectivity index (χ1) is 9.13. The summed E-state index contributed by atoms with van der Waals surface area (Å²) >= 11 is 0. The number of carbonyl (C=O) groups excluding carboxylic acids is 1. The number of carbonyl (C=O) groups is 1. The molecule has 2 aliphatic rings. The number of rotatable bonds is 4. The van der Waals surface area contributed by atoms with E-state index in [-0.39, 0.29) is 5.41 Å². The lowest BCUT2D eigenvalue weighted by atomic mass is 9.69. The molecule has 2 fully saturated rings. The van der Waals surface area contributed by atoms with Gasteiger partial charge in [-0.15, -0.1) is 0 Å². The van der Waals surface area contributed by atoms with Crippen molar-refractivity contribution >= 4 is 5.91 Å². The Morgan fingerprint density at radius 2 is 1.79 bits per heavy atom. The lowest BCUT2D eigenvalue weighted by Gasteiger charge is -2.42. The van der Waals surface area contributed by atoms with E-state index in [9.17, 15) is 4.79 Å². The minimum absolute atomic E-state index is 0.245. The summed E-state index contributed by atoms with van der Waals surface area (Å²) < 4.78 is 0. The first-order valence-corrected chi connectivity index (χ1v) is 8.14. The summed E-state index contributed by atoms with van der Waals surface area (Å²) in [6.45, 7) is 5.79. The normalized spacial score (nSPS) is 32.5. The number of nitrogens with zero attached hydrogens (tertiary/aromatic N) is 1. The van der Waals surface area contributed by atoms with Crippen LogP contribution in [0.25, 0.3) is 0 Å². The van der Waals surface area contributed by atoms with Gasteiger partial charge in [-0.2, -0.15) is 0 Å². The first kappa shape index (κ1) is 14.8. The van der Waals surface area contributed by atoms with Crippen molar-refractivity contribution in [3.8, 4) is 0 Å². The highest BCUT2D eigenvalue weighted by Crippen LogP contribution is 2.40. The highest BCUT2D eigenvalue weighted by atomic mass is 16.2. The van der Waals surface area contributed by atoms with Crippen LogP contribution in [-0.4, -0.2) is 29.9 Å². The van der Waals surface area contributed by atoms with Crippen LogP contribution in [0.2, 0.25) is 0 Å². The second-order valence-electron chi connectivity index (χ2n) is 6.70. The molecule has 0 saturated heterocycles. The minimum atomic E-state index is -0.245. The fourth-order valence-electron chi connectivity index (χ4n) is 3.91. The number of hydrogen-bond donors (Lipinski definition) is 1. The SMILES string of the molecule is CCN(C(=O)C1(CN)CCC(C)CC1)C1CCCC1. The van der Waals surface area contributed by atoms with Crippen molar-refractivity contribution in [2.45, 2.75) is 71.3 Å². The van der Waals surface area contributed by atoms with Crippen molar-refractivity contribution in [1.82, 2.24) is 4.90 Å². The number of hydrogen-bond acceptors (Lipinski definition) is 2. The molecule has 3 heteroatoms. The molecule has 0 bridgehead atoms. The molecule has 2 N–H and O–H groups in total. The van der Waals surface area contributed by atoms with Gasteiger partial charge in [0.2, 0.25) is 5.91 Å². The summed E-state index contributed by atoms with van der Waals surface area (Å²) in [4.78, 5) is 15.2. The molecule has 0 radical (unpaired) electrons. The topological polar surface area (TPSA) is 46.3 Å². The molecule has 2 saturated carbocycles. The van der Waals surface area contributed by atoms with Crippen molar-refractivity contribution in [2.24, 2.45) is 17.1 Å². The van der Waals surface area contributed by atoms with Gasteiger partial charge in [-0.05, 0) is 51.4 Å². The van der Waals surface area contributed by atoms with Crippen LogP contribution in [0.4, 0.5) is 0 Å². The molecule has 0 aromatic heterocycles. The molecule has 2 aliphatic carbocycles. The summed E-state index contributed by atoms with van der Waals surface area (Å²) in [6.07, 6.45) is 9.24. The summed E-state index contributed by atoms with van der Waals surface area (Å²) in [5, 5.41) is 0. The van der Waals surface area contributed by atoms with Gasteiger partial charge < -0.3 is 10.6 Å². The molecule has 0 spiro atoms. The van der Waals surface area contributed by atoms with Gasteiger partial charge >= 0.3 is 0 Å². The molecule has 0 aromatic carbocycles. The Morgan fingerprint density at radius 1 is 1.21 bits per heavy atom. The van der Waals surface area contributed by atoms with Crippen LogP contribution in [0.3, 0.4) is 0 Å². The average Bonchev–Trinajstić information content (AvgIpc) is 2.95. The Labute approximate surface area is 117 Å². The van der Waals surface area contributed by atoms with Crippen LogP contribution in [0.1, 0.15) is 65.2 Å². The molecule has 1 amide bonds. The molecule has 0 aliphatic heterocycles. The molecule has 0 aromatic rings. The largest absolute Gasteiger partial charge is 0.339 e. The molecular formula is C16H30N2O. The highest BCUT2D eigenvalue weighted by molar-refractivity contribution is 5.83. The second-order valence-corrected chi connectivity index (χ2v) is 6.70. The van der Waals surface area contributed by atoms with Crippen LogP contribution in [0.5, 0.6) is 0 Å². The van der Waals surface area contributed by atoms with E-state index in [1.54, 1.807) is 0 Å². The number of amides is 1. The maximum atomic E-state index is 13.0. The summed E-state index contributed by atoms with van der Waals surface area (Å²) in [7, 11) is 0. The number of nitrogens with two attached hydrogens (primary N) is 1. The third kappa shape index (κ3) is 2.96. The van der Waals surface area contributed by atoms with Gasteiger partial charge in [0.1, 0.15) is 0 Å². The second kappa shape index (κ2) is 6.25. The zero-order chi connectivity index (χ0) is 13.9. The standard InChI is InChI=1S/C16H30N2O/c1-3-18(14-6-4-5-7-14)15(19)16(12-17)10-8-13(2)9-11-16/h13-14H,3-12,17H2,1-2H3.